The van der Waals surface area contributed by atoms with Gasteiger partial charge in [0.25, 0.3) is 0 Å². The molecule has 2 heterocycles. The minimum atomic E-state index is -0.312. The molecule has 0 aliphatic rings. The molecule has 0 atom stereocenters. The lowest BCUT2D eigenvalue weighted by atomic mass is 10.1. The molecule has 0 radical (unpaired) electrons. The lowest BCUT2D eigenvalue weighted by Crippen LogP contribution is -2.21. The lowest BCUT2D eigenvalue weighted by molar-refractivity contribution is 0.0600. The Morgan fingerprint density at radius 1 is 1.08 bits per heavy atom. The molecule has 5 heteroatoms. The lowest BCUT2D eigenvalue weighted by Gasteiger charge is -2.20. The largest absolute Gasteiger partial charge is 0.468 e. The van der Waals surface area contributed by atoms with Crippen LogP contribution in [0.25, 0.3) is 0 Å². The molecule has 124 valence electrons. The van der Waals surface area contributed by atoms with Crippen molar-refractivity contribution in [2.75, 3.05) is 7.11 Å². The molecular weight excluding hydrogens is 322 g/mol. The second kappa shape index (κ2) is 7.95. The molecule has 0 N–H and O–H groups in total. The number of ether oxygens (including phenoxy) is 1. The van der Waals surface area contributed by atoms with Crippen molar-refractivity contribution in [2.24, 2.45) is 0 Å². The van der Waals surface area contributed by atoms with Crippen LogP contribution in [0.15, 0.2) is 64.6 Å². The fraction of sp³-hybridized carbons (Fsp3) is 0.211. The van der Waals surface area contributed by atoms with Gasteiger partial charge in [0.1, 0.15) is 5.76 Å². The van der Waals surface area contributed by atoms with Crippen LogP contribution < -0.4 is 0 Å². The van der Waals surface area contributed by atoms with Crippen molar-refractivity contribution in [2.45, 2.75) is 19.6 Å². The first-order valence-corrected chi connectivity index (χ1v) is 8.57. The van der Waals surface area contributed by atoms with E-state index < -0.39 is 0 Å². The number of carbonyl (C=O) groups excluding carboxylic acids is 1. The molecule has 0 saturated heterocycles. The van der Waals surface area contributed by atoms with Crippen LogP contribution in [0.2, 0.25) is 0 Å². The number of nitrogens with zero attached hydrogens (tertiary/aromatic N) is 1. The van der Waals surface area contributed by atoms with E-state index in [1.165, 1.54) is 12.0 Å². The molecule has 0 aliphatic heterocycles. The van der Waals surface area contributed by atoms with Gasteiger partial charge in [-0.05, 0) is 41.3 Å². The van der Waals surface area contributed by atoms with Crippen molar-refractivity contribution < 1.29 is 13.9 Å². The third-order valence-electron chi connectivity index (χ3n) is 3.70. The SMILES string of the molecule is COC(=O)c1ccc(CN(Cc2ccco2)Cc2cccs2)cc1. The smallest absolute Gasteiger partial charge is 0.337 e. The quantitative estimate of drug-likeness (QED) is 0.600. The van der Waals surface area contributed by atoms with Crippen molar-refractivity contribution in [1.29, 1.82) is 0 Å². The highest BCUT2D eigenvalue weighted by atomic mass is 32.1. The van der Waals surface area contributed by atoms with Crippen LogP contribution in [0.1, 0.15) is 26.6 Å². The van der Waals surface area contributed by atoms with E-state index in [1.54, 1.807) is 29.7 Å². The number of hydrogen-bond acceptors (Lipinski definition) is 5. The Labute approximate surface area is 145 Å². The summed E-state index contributed by atoms with van der Waals surface area (Å²) in [6.45, 7) is 2.38. The van der Waals surface area contributed by atoms with Crippen molar-refractivity contribution in [1.82, 2.24) is 4.90 Å². The highest BCUT2D eigenvalue weighted by Gasteiger charge is 2.11. The van der Waals surface area contributed by atoms with Gasteiger partial charge in [-0.25, -0.2) is 4.79 Å². The predicted octanol–water partition coefficient (Wildman–Crippen LogP) is 4.33. The summed E-state index contributed by atoms with van der Waals surface area (Å²) in [6, 6.07) is 15.6. The van der Waals surface area contributed by atoms with Gasteiger partial charge >= 0.3 is 5.97 Å². The number of hydrogen-bond donors (Lipinski definition) is 0. The zero-order valence-corrected chi connectivity index (χ0v) is 14.3. The standard InChI is InChI=1S/C19H19NO3S/c1-22-19(21)16-8-6-15(7-9-16)12-20(13-17-4-2-10-23-17)14-18-5-3-11-24-18/h2-11H,12-14H2,1H3. The van der Waals surface area contributed by atoms with Gasteiger partial charge in [0.05, 0.1) is 25.5 Å². The van der Waals surface area contributed by atoms with E-state index in [2.05, 4.69) is 22.4 Å². The Bertz CT molecular complexity index is 712. The monoisotopic (exact) mass is 341 g/mol. The summed E-state index contributed by atoms with van der Waals surface area (Å²) in [7, 11) is 1.39. The minimum absolute atomic E-state index is 0.312. The van der Waals surface area contributed by atoms with Crippen LogP contribution in [0.4, 0.5) is 0 Å². The summed E-state index contributed by atoms with van der Waals surface area (Å²) in [6.07, 6.45) is 1.70. The number of furan rings is 1. The Morgan fingerprint density at radius 2 is 1.92 bits per heavy atom. The average Bonchev–Trinajstić information content (AvgIpc) is 3.29. The highest BCUT2D eigenvalue weighted by molar-refractivity contribution is 7.09. The van der Waals surface area contributed by atoms with Gasteiger partial charge < -0.3 is 9.15 Å². The average molecular weight is 341 g/mol. The van der Waals surface area contributed by atoms with Crippen molar-refractivity contribution in [3.63, 3.8) is 0 Å². The molecule has 1 aromatic carbocycles. The van der Waals surface area contributed by atoms with E-state index in [0.717, 1.165) is 31.0 Å². The Morgan fingerprint density at radius 3 is 2.54 bits per heavy atom. The number of esters is 1. The summed E-state index contributed by atoms with van der Waals surface area (Å²) in [4.78, 5) is 15.2. The van der Waals surface area contributed by atoms with Gasteiger partial charge in [-0.3, -0.25) is 4.90 Å². The van der Waals surface area contributed by atoms with Crippen molar-refractivity contribution in [3.05, 3.63) is 81.9 Å². The van der Waals surface area contributed by atoms with Crippen LogP contribution in [0.3, 0.4) is 0 Å². The van der Waals surface area contributed by atoms with Gasteiger partial charge in [-0.2, -0.15) is 0 Å². The second-order valence-corrected chi connectivity index (χ2v) is 6.52. The van der Waals surface area contributed by atoms with E-state index >= 15 is 0 Å². The van der Waals surface area contributed by atoms with E-state index in [9.17, 15) is 4.79 Å². The predicted molar refractivity (Wildman–Crippen MR) is 93.8 cm³/mol. The Balaban J connectivity index is 1.71. The molecule has 0 amide bonds. The third-order valence-corrected chi connectivity index (χ3v) is 4.56. The molecule has 4 nitrogen and oxygen atoms in total. The molecule has 0 unspecified atom stereocenters. The summed E-state index contributed by atoms with van der Waals surface area (Å²) in [5.74, 6) is 0.630. The molecule has 0 aliphatic carbocycles. The van der Waals surface area contributed by atoms with Crippen LogP contribution in [0, 0.1) is 0 Å². The van der Waals surface area contributed by atoms with Gasteiger partial charge in [-0.1, -0.05) is 18.2 Å². The van der Waals surface area contributed by atoms with Crippen LogP contribution in [0.5, 0.6) is 0 Å². The first-order valence-electron chi connectivity index (χ1n) is 7.69. The number of thiophene rings is 1. The van der Waals surface area contributed by atoms with Crippen molar-refractivity contribution >= 4 is 17.3 Å². The highest BCUT2D eigenvalue weighted by Crippen LogP contribution is 2.18. The maximum atomic E-state index is 11.5. The zero-order valence-electron chi connectivity index (χ0n) is 13.5. The molecule has 0 fully saturated rings. The summed E-state index contributed by atoms with van der Waals surface area (Å²) >= 11 is 1.75. The topological polar surface area (TPSA) is 42.7 Å². The van der Waals surface area contributed by atoms with Gasteiger partial charge in [-0.15, -0.1) is 11.3 Å². The van der Waals surface area contributed by atoms with Crippen LogP contribution in [-0.4, -0.2) is 18.0 Å². The molecule has 0 spiro atoms. The number of carbonyl (C=O) groups is 1. The first kappa shape index (κ1) is 16.5. The third kappa shape index (κ3) is 4.34. The number of rotatable bonds is 7. The summed E-state index contributed by atoms with van der Waals surface area (Å²) in [5, 5.41) is 2.09. The normalized spacial score (nSPS) is 10.9. The van der Waals surface area contributed by atoms with E-state index in [1.807, 2.05) is 24.3 Å². The molecule has 2 aromatic heterocycles. The van der Waals surface area contributed by atoms with Crippen molar-refractivity contribution in [3.8, 4) is 0 Å². The van der Waals surface area contributed by atoms with E-state index in [-0.39, 0.29) is 5.97 Å². The number of methoxy groups -OCH3 is 1. The van der Waals surface area contributed by atoms with Gasteiger partial charge in [0.2, 0.25) is 0 Å². The molecule has 3 rings (SSSR count). The molecule has 0 bridgehead atoms. The maximum absolute atomic E-state index is 11.5. The minimum Gasteiger partial charge on any atom is -0.468 e. The first-order chi connectivity index (χ1) is 11.7. The summed E-state index contributed by atoms with van der Waals surface area (Å²) < 4.78 is 10.2. The van der Waals surface area contributed by atoms with Gasteiger partial charge in [0.15, 0.2) is 0 Å². The van der Waals surface area contributed by atoms with E-state index in [0.29, 0.717) is 5.56 Å². The van der Waals surface area contributed by atoms with E-state index in [4.69, 9.17) is 9.15 Å². The second-order valence-electron chi connectivity index (χ2n) is 5.49. The summed E-state index contributed by atoms with van der Waals surface area (Å²) in [5.41, 5.74) is 1.71. The van der Waals surface area contributed by atoms with Crippen LogP contribution in [-0.2, 0) is 24.4 Å². The molecule has 0 saturated carbocycles. The Hall–Kier alpha value is -2.37. The molecular formula is C19H19NO3S. The molecule has 24 heavy (non-hydrogen) atoms. The van der Waals surface area contributed by atoms with Crippen LogP contribution >= 0.6 is 11.3 Å². The fourth-order valence-corrected chi connectivity index (χ4v) is 3.28. The Kier molecular flexibility index (Phi) is 5.46. The maximum Gasteiger partial charge on any atom is 0.337 e. The number of benzene rings is 1. The molecule has 3 aromatic rings. The zero-order chi connectivity index (χ0) is 16.8. The fourth-order valence-electron chi connectivity index (χ4n) is 2.54. The van der Waals surface area contributed by atoms with Gasteiger partial charge in [0, 0.05) is 18.0 Å².